The van der Waals surface area contributed by atoms with Crippen LogP contribution in [0.1, 0.15) is 63.1 Å². The molecule has 1 atom stereocenters. The summed E-state index contributed by atoms with van der Waals surface area (Å²) in [6.45, 7) is 2.07. The maximum absolute atomic E-state index is 13.6. The second kappa shape index (κ2) is 11.5. The molecule has 2 aliphatic rings. The van der Waals surface area contributed by atoms with Crippen LogP contribution in [-0.4, -0.2) is 45.4 Å². The van der Waals surface area contributed by atoms with E-state index in [2.05, 4.69) is 18.0 Å². The van der Waals surface area contributed by atoms with Crippen LogP contribution < -0.4 is 4.90 Å². The first-order valence-electron chi connectivity index (χ1n) is 12.3. The SMILES string of the molecule is CCCc1ccc(C#N)c(SCC(=O)N(C2CCCCC2)C2CC(=O)N(c3ccccc3)C2=O)n1. The smallest absolute Gasteiger partial charge is 0.257 e. The molecule has 35 heavy (non-hydrogen) atoms. The van der Waals surface area contributed by atoms with Crippen LogP contribution in [0.4, 0.5) is 5.69 Å². The van der Waals surface area contributed by atoms with Crippen molar-refractivity contribution in [1.82, 2.24) is 9.88 Å². The number of hydrogen-bond acceptors (Lipinski definition) is 6. The average molecular weight is 491 g/mol. The quantitative estimate of drug-likeness (QED) is 0.400. The molecule has 1 aromatic heterocycles. The van der Waals surface area contributed by atoms with Crippen LogP contribution >= 0.6 is 11.8 Å². The maximum atomic E-state index is 13.6. The molecule has 7 nitrogen and oxygen atoms in total. The molecular weight excluding hydrogens is 460 g/mol. The van der Waals surface area contributed by atoms with E-state index < -0.39 is 6.04 Å². The van der Waals surface area contributed by atoms with Gasteiger partial charge in [-0.05, 0) is 43.5 Å². The van der Waals surface area contributed by atoms with Crippen molar-refractivity contribution in [2.24, 2.45) is 0 Å². The molecule has 8 heteroatoms. The van der Waals surface area contributed by atoms with Crippen LogP contribution in [-0.2, 0) is 20.8 Å². The number of rotatable bonds is 8. The third-order valence-corrected chi connectivity index (χ3v) is 7.58. The van der Waals surface area contributed by atoms with Gasteiger partial charge in [0.2, 0.25) is 11.8 Å². The first kappa shape index (κ1) is 24.9. The highest BCUT2D eigenvalue weighted by molar-refractivity contribution is 8.00. The van der Waals surface area contributed by atoms with Gasteiger partial charge in [-0.2, -0.15) is 5.26 Å². The summed E-state index contributed by atoms with van der Waals surface area (Å²) in [7, 11) is 0. The van der Waals surface area contributed by atoms with E-state index in [1.165, 1.54) is 16.7 Å². The van der Waals surface area contributed by atoms with Crippen LogP contribution in [0.3, 0.4) is 0 Å². The fourth-order valence-electron chi connectivity index (χ4n) is 4.95. The molecule has 1 aliphatic heterocycles. The zero-order chi connectivity index (χ0) is 24.8. The summed E-state index contributed by atoms with van der Waals surface area (Å²) < 4.78 is 0. The van der Waals surface area contributed by atoms with Gasteiger partial charge in [-0.1, -0.05) is 62.6 Å². The molecule has 1 aromatic carbocycles. The Balaban J connectivity index is 1.56. The van der Waals surface area contributed by atoms with Crippen LogP contribution in [0.2, 0.25) is 0 Å². The second-order valence-corrected chi connectivity index (χ2v) is 9.99. The van der Waals surface area contributed by atoms with Gasteiger partial charge in [0.1, 0.15) is 17.1 Å². The van der Waals surface area contributed by atoms with Crippen LogP contribution in [0, 0.1) is 11.3 Å². The fraction of sp³-hybridized carbons (Fsp3) is 0.444. The first-order chi connectivity index (χ1) is 17.0. The minimum Gasteiger partial charge on any atom is -0.326 e. The lowest BCUT2D eigenvalue weighted by atomic mass is 9.92. The topological polar surface area (TPSA) is 94.4 Å². The fourth-order valence-corrected chi connectivity index (χ4v) is 5.81. The number of pyridine rings is 1. The van der Waals surface area contributed by atoms with E-state index in [0.29, 0.717) is 16.3 Å². The molecule has 182 valence electrons. The molecular formula is C27H30N4O3S. The predicted molar refractivity (Wildman–Crippen MR) is 135 cm³/mol. The molecule has 3 amide bonds. The summed E-state index contributed by atoms with van der Waals surface area (Å²) in [6.07, 6.45) is 6.49. The Kier molecular flexibility index (Phi) is 8.19. The molecule has 2 heterocycles. The van der Waals surface area contributed by atoms with Crippen molar-refractivity contribution in [3.8, 4) is 6.07 Å². The Morgan fingerprint density at radius 3 is 2.57 bits per heavy atom. The molecule has 0 radical (unpaired) electrons. The van der Waals surface area contributed by atoms with Gasteiger partial charge < -0.3 is 4.90 Å². The molecule has 2 aromatic rings. The Bertz CT molecular complexity index is 1120. The van der Waals surface area contributed by atoms with Crippen molar-refractivity contribution in [3.05, 3.63) is 53.7 Å². The van der Waals surface area contributed by atoms with Crippen molar-refractivity contribution < 1.29 is 14.4 Å². The number of thioether (sulfide) groups is 1. The van der Waals surface area contributed by atoms with E-state index in [1.54, 1.807) is 35.2 Å². The number of aryl methyl sites for hydroxylation is 1. The highest BCUT2D eigenvalue weighted by Crippen LogP contribution is 2.32. The van der Waals surface area contributed by atoms with E-state index in [9.17, 15) is 19.6 Å². The zero-order valence-corrected chi connectivity index (χ0v) is 20.8. The highest BCUT2D eigenvalue weighted by atomic mass is 32.2. The summed E-state index contributed by atoms with van der Waals surface area (Å²) in [5.74, 6) is -0.745. The number of anilines is 1. The molecule has 4 rings (SSSR count). The number of nitriles is 1. The number of hydrogen-bond donors (Lipinski definition) is 0. The summed E-state index contributed by atoms with van der Waals surface area (Å²) in [5, 5.41) is 10.0. The number of nitrogens with zero attached hydrogens (tertiary/aromatic N) is 4. The molecule has 0 N–H and O–H groups in total. The van der Waals surface area contributed by atoms with Gasteiger partial charge in [-0.25, -0.2) is 9.88 Å². The van der Waals surface area contributed by atoms with Gasteiger partial charge in [0.25, 0.3) is 5.91 Å². The number of amides is 3. The van der Waals surface area contributed by atoms with Crippen molar-refractivity contribution >= 4 is 35.2 Å². The van der Waals surface area contributed by atoms with E-state index in [-0.39, 0.29) is 35.9 Å². The summed E-state index contributed by atoms with van der Waals surface area (Å²) in [5.41, 5.74) is 1.86. The van der Waals surface area contributed by atoms with Gasteiger partial charge >= 0.3 is 0 Å². The molecule has 0 bridgehead atoms. The zero-order valence-electron chi connectivity index (χ0n) is 20.0. The Morgan fingerprint density at radius 2 is 1.89 bits per heavy atom. The molecule has 1 saturated heterocycles. The van der Waals surface area contributed by atoms with Crippen molar-refractivity contribution in [2.75, 3.05) is 10.7 Å². The second-order valence-electron chi connectivity index (χ2n) is 9.02. The molecule has 0 spiro atoms. The lowest BCUT2D eigenvalue weighted by Gasteiger charge is -2.37. The summed E-state index contributed by atoms with van der Waals surface area (Å²) >= 11 is 1.24. The van der Waals surface area contributed by atoms with E-state index >= 15 is 0 Å². The summed E-state index contributed by atoms with van der Waals surface area (Å²) in [4.78, 5) is 47.4. The third kappa shape index (κ3) is 5.57. The largest absolute Gasteiger partial charge is 0.326 e. The van der Waals surface area contributed by atoms with Gasteiger partial charge in [0, 0.05) is 11.7 Å². The standard InChI is InChI=1S/C27H30N4O3S/c1-2-9-20-15-14-19(17-28)26(29-20)35-18-25(33)30(21-10-5-3-6-11-21)23-16-24(32)31(27(23)34)22-12-7-4-8-13-22/h4,7-8,12-15,21,23H,2-3,5-6,9-11,16,18H2,1H3. The van der Waals surface area contributed by atoms with Crippen LogP contribution in [0.5, 0.6) is 0 Å². The van der Waals surface area contributed by atoms with Crippen LogP contribution in [0.15, 0.2) is 47.5 Å². The monoisotopic (exact) mass is 490 g/mol. The number of aromatic nitrogens is 1. The minimum absolute atomic E-state index is 0.00564. The molecule has 1 unspecified atom stereocenters. The number of carbonyl (C=O) groups is 3. The van der Waals surface area contributed by atoms with Crippen molar-refractivity contribution in [2.45, 2.75) is 75.4 Å². The lowest BCUT2D eigenvalue weighted by Crippen LogP contribution is -2.52. The van der Waals surface area contributed by atoms with Gasteiger partial charge in [0.15, 0.2) is 0 Å². The van der Waals surface area contributed by atoms with E-state index in [0.717, 1.165) is 50.6 Å². The average Bonchev–Trinajstić information content (AvgIpc) is 3.17. The number of para-hydroxylation sites is 1. The maximum Gasteiger partial charge on any atom is 0.257 e. The molecule has 1 aliphatic carbocycles. The first-order valence-corrected chi connectivity index (χ1v) is 13.3. The Labute approximate surface area is 210 Å². The van der Waals surface area contributed by atoms with Gasteiger partial charge in [-0.3, -0.25) is 14.4 Å². The van der Waals surface area contributed by atoms with Crippen molar-refractivity contribution in [3.63, 3.8) is 0 Å². The molecule has 1 saturated carbocycles. The highest BCUT2D eigenvalue weighted by Gasteiger charge is 2.46. The predicted octanol–water partition coefficient (Wildman–Crippen LogP) is 4.49. The van der Waals surface area contributed by atoms with Crippen LogP contribution in [0.25, 0.3) is 0 Å². The van der Waals surface area contributed by atoms with Crippen molar-refractivity contribution in [1.29, 1.82) is 5.26 Å². The Morgan fingerprint density at radius 1 is 1.14 bits per heavy atom. The van der Waals surface area contributed by atoms with E-state index in [1.807, 2.05) is 12.1 Å². The number of imide groups is 1. The Hall–Kier alpha value is -3.18. The van der Waals surface area contributed by atoms with E-state index in [4.69, 9.17) is 0 Å². The number of carbonyl (C=O) groups excluding carboxylic acids is 3. The normalized spacial score (nSPS) is 18.5. The van der Waals surface area contributed by atoms with Gasteiger partial charge in [-0.15, -0.1) is 0 Å². The van der Waals surface area contributed by atoms with Gasteiger partial charge in [0.05, 0.1) is 23.4 Å². The third-order valence-electron chi connectivity index (χ3n) is 6.61. The summed E-state index contributed by atoms with van der Waals surface area (Å²) in [6, 6.07) is 13.8. The number of benzene rings is 1. The lowest BCUT2D eigenvalue weighted by molar-refractivity contribution is -0.139. The molecule has 2 fully saturated rings. The minimum atomic E-state index is -0.797.